The fourth-order valence-corrected chi connectivity index (χ4v) is 2.07. The first-order valence-electron chi connectivity index (χ1n) is 7.79. The number of nitrogens with one attached hydrogen (secondary N) is 2. The van der Waals surface area contributed by atoms with Gasteiger partial charge in [0.15, 0.2) is 0 Å². The summed E-state index contributed by atoms with van der Waals surface area (Å²) in [7, 11) is 1.28. The van der Waals surface area contributed by atoms with Crippen molar-refractivity contribution in [1.82, 2.24) is 10.3 Å². The summed E-state index contributed by atoms with van der Waals surface area (Å²) in [6, 6.07) is 9.32. The normalized spacial score (nSPS) is 10.0. The Labute approximate surface area is 145 Å². The molecule has 0 atom stereocenters. The largest absolute Gasteiger partial charge is 0.465 e. The maximum Gasteiger partial charge on any atom is 0.337 e. The number of aromatic nitrogens is 1. The van der Waals surface area contributed by atoms with Crippen LogP contribution in [0.2, 0.25) is 0 Å². The predicted molar refractivity (Wildman–Crippen MR) is 92.6 cm³/mol. The molecule has 0 aliphatic carbocycles. The minimum atomic E-state index is -0.496. The number of anilines is 1. The van der Waals surface area contributed by atoms with Crippen LogP contribution in [0.3, 0.4) is 0 Å². The van der Waals surface area contributed by atoms with Gasteiger partial charge < -0.3 is 15.4 Å². The molecule has 0 unspecified atom stereocenters. The van der Waals surface area contributed by atoms with Crippen LogP contribution in [0, 0.1) is 0 Å². The van der Waals surface area contributed by atoms with E-state index in [4.69, 9.17) is 0 Å². The molecular formula is C18H19N3O4. The third kappa shape index (κ3) is 4.87. The molecule has 2 N–H and O–H groups in total. The van der Waals surface area contributed by atoms with Crippen LogP contribution in [0.25, 0.3) is 0 Å². The van der Waals surface area contributed by atoms with Gasteiger partial charge in [-0.15, -0.1) is 0 Å². The Bertz CT molecular complexity index is 789. The van der Waals surface area contributed by atoms with Crippen LogP contribution in [-0.2, 0) is 4.74 Å². The minimum Gasteiger partial charge on any atom is -0.465 e. The summed E-state index contributed by atoms with van der Waals surface area (Å²) in [5.74, 6) is -1.23. The summed E-state index contributed by atoms with van der Waals surface area (Å²) >= 11 is 0. The molecule has 0 aliphatic heterocycles. The van der Waals surface area contributed by atoms with Crippen LogP contribution in [0.1, 0.15) is 44.5 Å². The highest BCUT2D eigenvalue weighted by molar-refractivity contribution is 6.05. The molecular weight excluding hydrogens is 322 g/mol. The first-order valence-corrected chi connectivity index (χ1v) is 7.79. The average Bonchev–Trinajstić information content (AvgIpc) is 2.65. The van der Waals surface area contributed by atoms with Crippen molar-refractivity contribution in [2.45, 2.75) is 13.3 Å². The first kappa shape index (κ1) is 18.1. The standard InChI is InChI=1S/C18H19N3O4/c1-3-8-20-16(22)12-7-9-19-15(11-12)17(23)21-14-6-4-5-13(10-14)18(24)25-2/h4-7,9-11H,3,8H2,1-2H3,(H,20,22)(H,21,23). The molecule has 2 aromatic rings. The van der Waals surface area contributed by atoms with Crippen molar-refractivity contribution >= 4 is 23.5 Å². The second kappa shape index (κ2) is 8.58. The predicted octanol–water partition coefficient (Wildman–Crippen LogP) is 2.26. The van der Waals surface area contributed by atoms with Crippen molar-refractivity contribution in [2.24, 2.45) is 0 Å². The van der Waals surface area contributed by atoms with Gasteiger partial charge in [0.1, 0.15) is 5.69 Å². The quantitative estimate of drug-likeness (QED) is 0.786. The SMILES string of the molecule is CCCNC(=O)c1ccnc(C(=O)Nc2cccc(C(=O)OC)c2)c1. The van der Waals surface area contributed by atoms with E-state index in [1.54, 1.807) is 24.3 Å². The smallest absolute Gasteiger partial charge is 0.337 e. The van der Waals surface area contributed by atoms with Crippen LogP contribution < -0.4 is 10.6 Å². The molecule has 2 amide bonds. The van der Waals surface area contributed by atoms with Crippen LogP contribution in [-0.4, -0.2) is 36.4 Å². The highest BCUT2D eigenvalue weighted by Crippen LogP contribution is 2.13. The molecule has 0 saturated heterocycles. The number of amides is 2. The number of benzene rings is 1. The van der Waals surface area contributed by atoms with Gasteiger partial charge in [-0.1, -0.05) is 13.0 Å². The van der Waals surface area contributed by atoms with Crippen LogP contribution in [0.15, 0.2) is 42.6 Å². The molecule has 25 heavy (non-hydrogen) atoms. The Balaban J connectivity index is 2.13. The number of hydrogen-bond acceptors (Lipinski definition) is 5. The van der Waals surface area contributed by atoms with Gasteiger partial charge in [-0.25, -0.2) is 4.79 Å². The fourth-order valence-electron chi connectivity index (χ4n) is 2.07. The minimum absolute atomic E-state index is 0.104. The molecule has 0 aliphatic rings. The molecule has 1 aromatic heterocycles. The van der Waals surface area contributed by atoms with E-state index in [1.807, 2.05) is 6.92 Å². The Morgan fingerprint density at radius 3 is 2.60 bits per heavy atom. The maximum absolute atomic E-state index is 12.3. The molecule has 0 bridgehead atoms. The Morgan fingerprint density at radius 2 is 1.88 bits per heavy atom. The lowest BCUT2D eigenvalue weighted by Gasteiger charge is -2.08. The lowest BCUT2D eigenvalue weighted by molar-refractivity contribution is 0.0600. The number of methoxy groups -OCH3 is 1. The summed E-state index contributed by atoms with van der Waals surface area (Å²) in [4.78, 5) is 39.8. The lowest BCUT2D eigenvalue weighted by atomic mass is 10.2. The summed E-state index contributed by atoms with van der Waals surface area (Å²) in [5.41, 5.74) is 1.21. The van der Waals surface area contributed by atoms with Gasteiger partial charge in [-0.2, -0.15) is 0 Å². The molecule has 7 heteroatoms. The van der Waals surface area contributed by atoms with Crippen LogP contribution >= 0.6 is 0 Å². The number of carbonyl (C=O) groups is 3. The number of pyridine rings is 1. The van der Waals surface area contributed by atoms with E-state index in [0.717, 1.165) is 6.42 Å². The van der Waals surface area contributed by atoms with Crippen molar-refractivity contribution in [3.63, 3.8) is 0 Å². The van der Waals surface area contributed by atoms with Gasteiger partial charge in [0, 0.05) is 24.0 Å². The van der Waals surface area contributed by atoms with Crippen molar-refractivity contribution < 1.29 is 19.1 Å². The topological polar surface area (TPSA) is 97.4 Å². The number of nitrogens with zero attached hydrogens (tertiary/aromatic N) is 1. The number of hydrogen-bond donors (Lipinski definition) is 2. The number of esters is 1. The molecule has 1 aromatic carbocycles. The number of carbonyl (C=O) groups excluding carboxylic acids is 3. The van der Waals surface area contributed by atoms with E-state index < -0.39 is 11.9 Å². The van der Waals surface area contributed by atoms with E-state index in [1.165, 1.54) is 25.4 Å². The highest BCUT2D eigenvalue weighted by atomic mass is 16.5. The van der Waals surface area contributed by atoms with Crippen molar-refractivity contribution in [3.05, 3.63) is 59.4 Å². The van der Waals surface area contributed by atoms with E-state index in [0.29, 0.717) is 23.4 Å². The highest BCUT2D eigenvalue weighted by Gasteiger charge is 2.13. The van der Waals surface area contributed by atoms with E-state index in [2.05, 4.69) is 20.4 Å². The summed E-state index contributed by atoms with van der Waals surface area (Å²) < 4.78 is 4.65. The van der Waals surface area contributed by atoms with Gasteiger partial charge in [0.25, 0.3) is 11.8 Å². The average molecular weight is 341 g/mol. The zero-order valence-electron chi connectivity index (χ0n) is 14.0. The molecule has 0 saturated carbocycles. The Hall–Kier alpha value is -3.22. The molecule has 2 rings (SSSR count). The molecule has 0 radical (unpaired) electrons. The summed E-state index contributed by atoms with van der Waals surface area (Å²) in [5, 5.41) is 5.39. The summed E-state index contributed by atoms with van der Waals surface area (Å²) in [6.45, 7) is 2.51. The molecule has 130 valence electrons. The van der Waals surface area contributed by atoms with Crippen molar-refractivity contribution in [2.75, 3.05) is 19.0 Å². The Kier molecular flexibility index (Phi) is 6.22. The van der Waals surface area contributed by atoms with Crippen molar-refractivity contribution in [1.29, 1.82) is 0 Å². The lowest BCUT2D eigenvalue weighted by Crippen LogP contribution is -2.24. The molecule has 0 fully saturated rings. The fraction of sp³-hybridized carbons (Fsp3) is 0.222. The van der Waals surface area contributed by atoms with Gasteiger partial charge in [-0.05, 0) is 36.8 Å². The monoisotopic (exact) mass is 341 g/mol. The van der Waals surface area contributed by atoms with Gasteiger partial charge in [0.05, 0.1) is 12.7 Å². The van der Waals surface area contributed by atoms with Crippen LogP contribution in [0.4, 0.5) is 5.69 Å². The summed E-state index contributed by atoms with van der Waals surface area (Å²) in [6.07, 6.45) is 2.22. The van der Waals surface area contributed by atoms with Gasteiger partial charge in [0.2, 0.25) is 0 Å². The molecule has 0 spiro atoms. The maximum atomic E-state index is 12.3. The van der Waals surface area contributed by atoms with Gasteiger partial charge >= 0.3 is 5.97 Å². The van der Waals surface area contributed by atoms with E-state index >= 15 is 0 Å². The number of rotatable bonds is 6. The van der Waals surface area contributed by atoms with E-state index in [9.17, 15) is 14.4 Å². The second-order valence-corrected chi connectivity index (χ2v) is 5.21. The van der Waals surface area contributed by atoms with Crippen molar-refractivity contribution in [3.8, 4) is 0 Å². The molecule has 1 heterocycles. The third-order valence-corrected chi connectivity index (χ3v) is 3.33. The zero-order valence-corrected chi connectivity index (χ0v) is 14.0. The van der Waals surface area contributed by atoms with Crippen LogP contribution in [0.5, 0.6) is 0 Å². The third-order valence-electron chi connectivity index (χ3n) is 3.33. The second-order valence-electron chi connectivity index (χ2n) is 5.21. The van der Waals surface area contributed by atoms with Gasteiger partial charge in [-0.3, -0.25) is 14.6 Å². The zero-order chi connectivity index (χ0) is 18.2. The Morgan fingerprint density at radius 1 is 1.08 bits per heavy atom. The molecule has 7 nitrogen and oxygen atoms in total. The van der Waals surface area contributed by atoms with E-state index in [-0.39, 0.29) is 11.6 Å². The first-order chi connectivity index (χ1) is 12.0. The number of ether oxygens (including phenoxy) is 1.